The Morgan fingerprint density at radius 2 is 0.324 bits per heavy atom. The lowest BCUT2D eigenvalue weighted by atomic mass is 9.73. The number of benzene rings is 4. The topological polar surface area (TPSA) is 40.5 Å². The van der Waals surface area contributed by atoms with Gasteiger partial charge in [0, 0.05) is 22.3 Å². The summed E-state index contributed by atoms with van der Waals surface area (Å²) in [6.45, 7) is 52.8. The molecular weight excluding hydrogens is 825 g/mol. The summed E-state index contributed by atoms with van der Waals surface area (Å²) in [6, 6.07) is 25.9. The summed E-state index contributed by atoms with van der Waals surface area (Å²) in [7, 11) is 0. The molecule has 2 heteroatoms. The number of hydrogen-bond acceptors (Lipinski definition) is 2. The molecule has 2 nitrogen and oxygen atoms in total. The molecule has 68 heavy (non-hydrogen) atoms. The minimum absolute atomic E-state index is 0.175. The molecule has 0 spiro atoms. The molecule has 362 valence electrons. The van der Waals surface area contributed by atoms with E-state index in [4.69, 9.17) is 0 Å². The lowest BCUT2D eigenvalue weighted by molar-refractivity contribution is 0.144. The molecule has 0 amide bonds. The highest BCUT2D eigenvalue weighted by Crippen LogP contribution is 2.42. The average molecular weight is 911 g/mol. The van der Waals surface area contributed by atoms with Gasteiger partial charge in [-0.05, 0) is 135 Å². The van der Waals surface area contributed by atoms with Crippen LogP contribution in [0.4, 0.5) is 0 Å². The summed E-state index contributed by atoms with van der Waals surface area (Å²) in [5.41, 5.74) is 7.04. The Bertz CT molecular complexity index is 2300. The second kappa shape index (κ2) is 18.7. The van der Waals surface area contributed by atoms with Crippen LogP contribution in [0, 0.1) is 47.4 Å². The Balaban J connectivity index is 2.02. The second-order valence-electron chi connectivity index (χ2n) is 27.6. The summed E-state index contributed by atoms with van der Waals surface area (Å²) >= 11 is 0. The van der Waals surface area contributed by atoms with Crippen molar-refractivity contribution < 1.29 is 10.2 Å². The summed E-state index contributed by atoms with van der Waals surface area (Å²) in [5.74, 6) is 24.3. The highest BCUT2D eigenvalue weighted by Gasteiger charge is 2.37. The molecule has 4 rings (SSSR count). The molecule has 0 fully saturated rings. The minimum atomic E-state index is -1.69. The zero-order valence-electron chi connectivity index (χ0n) is 46.8. The van der Waals surface area contributed by atoms with Crippen molar-refractivity contribution in [2.45, 2.75) is 221 Å². The van der Waals surface area contributed by atoms with Crippen molar-refractivity contribution in [3.63, 3.8) is 0 Å². The normalized spacial score (nSPS) is 13.3. The third kappa shape index (κ3) is 13.4. The maximum absolute atomic E-state index is 13.2. The molecule has 4 aromatic carbocycles. The first kappa shape index (κ1) is 55.6. The molecule has 0 heterocycles. The van der Waals surface area contributed by atoms with E-state index in [1.165, 1.54) is 0 Å². The van der Waals surface area contributed by atoms with E-state index in [0.717, 1.165) is 44.5 Å². The Morgan fingerprint density at radius 1 is 0.206 bits per heavy atom. The van der Waals surface area contributed by atoms with Crippen LogP contribution in [0.25, 0.3) is 0 Å². The van der Waals surface area contributed by atoms with Gasteiger partial charge in [0.05, 0.1) is 0 Å². The Kier molecular flexibility index (Phi) is 15.3. The van der Waals surface area contributed by atoms with E-state index in [-0.39, 0.29) is 43.3 Å². The Hall–Kier alpha value is -4.96. The van der Waals surface area contributed by atoms with Gasteiger partial charge >= 0.3 is 0 Å². The molecule has 0 aliphatic carbocycles. The summed E-state index contributed by atoms with van der Waals surface area (Å²) in [4.78, 5) is 0. The van der Waals surface area contributed by atoms with Crippen LogP contribution in [-0.2, 0) is 54.5 Å². The van der Waals surface area contributed by atoms with Gasteiger partial charge in [0.25, 0.3) is 0 Å². The zero-order valence-corrected chi connectivity index (χ0v) is 46.8. The molecule has 2 N–H and O–H groups in total. The van der Waals surface area contributed by atoms with Gasteiger partial charge in [-0.1, -0.05) is 239 Å². The molecular formula is C66H86O2. The summed E-state index contributed by atoms with van der Waals surface area (Å²) in [5, 5.41) is 26.4. The van der Waals surface area contributed by atoms with Crippen molar-refractivity contribution >= 4 is 0 Å². The molecule has 0 unspecified atom stereocenters. The average Bonchev–Trinajstić information content (AvgIpc) is 3.18. The summed E-state index contributed by atoms with van der Waals surface area (Å²) in [6.07, 6.45) is 0. The van der Waals surface area contributed by atoms with E-state index in [2.05, 4.69) is 286 Å². The predicted octanol–water partition coefficient (Wildman–Crippen LogP) is 15.3. The van der Waals surface area contributed by atoms with Crippen molar-refractivity contribution in [1.29, 1.82) is 0 Å². The van der Waals surface area contributed by atoms with E-state index in [1.807, 2.05) is 0 Å². The predicted molar refractivity (Wildman–Crippen MR) is 292 cm³/mol. The van der Waals surface area contributed by atoms with E-state index >= 15 is 0 Å². The van der Waals surface area contributed by atoms with E-state index in [9.17, 15) is 10.2 Å². The second-order valence-corrected chi connectivity index (χ2v) is 27.6. The zero-order chi connectivity index (χ0) is 52.1. The lowest BCUT2D eigenvalue weighted by Gasteiger charge is -2.33. The van der Waals surface area contributed by atoms with Gasteiger partial charge in [0.15, 0.2) is 11.2 Å². The fraction of sp³-hybridized carbons (Fsp3) is 0.515. The third-order valence-electron chi connectivity index (χ3n) is 13.1. The van der Waals surface area contributed by atoms with Crippen LogP contribution in [0.3, 0.4) is 0 Å². The third-order valence-corrected chi connectivity index (χ3v) is 13.1. The van der Waals surface area contributed by atoms with Crippen LogP contribution in [0.1, 0.15) is 233 Å². The van der Waals surface area contributed by atoms with Gasteiger partial charge in [-0.3, -0.25) is 0 Å². The molecule has 0 aliphatic heterocycles. The van der Waals surface area contributed by atoms with Gasteiger partial charge in [-0.25, -0.2) is 0 Å². The first-order valence-corrected chi connectivity index (χ1v) is 24.6. The fourth-order valence-electron chi connectivity index (χ4n) is 7.80. The smallest absolute Gasteiger partial charge is 0.177 e. The molecule has 0 saturated heterocycles. The molecule has 0 bridgehead atoms. The van der Waals surface area contributed by atoms with Crippen molar-refractivity contribution in [1.82, 2.24) is 0 Å². The van der Waals surface area contributed by atoms with Crippen LogP contribution in [-0.4, -0.2) is 10.2 Å². The largest absolute Gasteiger partial charge is 0.369 e. The van der Waals surface area contributed by atoms with Crippen molar-refractivity contribution in [2.75, 3.05) is 0 Å². The Labute approximate surface area is 416 Å². The van der Waals surface area contributed by atoms with Crippen LogP contribution in [0.5, 0.6) is 0 Å². The molecule has 4 aromatic rings. The van der Waals surface area contributed by atoms with Crippen LogP contribution >= 0.6 is 0 Å². The maximum atomic E-state index is 13.2. The van der Waals surface area contributed by atoms with Gasteiger partial charge in [-0.2, -0.15) is 0 Å². The number of rotatable bonds is 4. The molecule has 0 radical (unpaired) electrons. The summed E-state index contributed by atoms with van der Waals surface area (Å²) < 4.78 is 0. The lowest BCUT2D eigenvalue weighted by Crippen LogP contribution is -2.29. The standard InChI is InChI=1S/C66H86O2/c1-57(2,3)45-33-46(58(4,5)6)38-53(37-45)65(67,54-39-47(59(7,8)9)34-48(40-54)60(10,11)12)31-29-27-25-26-28-30-32-66(68,55-41-49(61(13,14)15)35-50(42-55)62(16,17)18)56-43-51(63(19,20)21)36-52(44-56)64(22,23)24/h33-44,67-68H,1-24H3. The first-order valence-electron chi connectivity index (χ1n) is 24.6. The first-order chi connectivity index (χ1) is 30.5. The van der Waals surface area contributed by atoms with Gasteiger partial charge in [0.2, 0.25) is 0 Å². The highest BCUT2D eigenvalue weighted by atomic mass is 16.3. The molecule has 0 aliphatic rings. The van der Waals surface area contributed by atoms with Gasteiger partial charge in [-0.15, -0.1) is 0 Å². The van der Waals surface area contributed by atoms with Crippen molar-refractivity contribution in [3.8, 4) is 47.4 Å². The van der Waals surface area contributed by atoms with Gasteiger partial charge < -0.3 is 10.2 Å². The number of aliphatic hydroxyl groups is 2. The van der Waals surface area contributed by atoms with E-state index < -0.39 is 11.2 Å². The molecule has 0 saturated carbocycles. The minimum Gasteiger partial charge on any atom is -0.369 e. The number of hydrogen-bond donors (Lipinski definition) is 2. The van der Waals surface area contributed by atoms with Crippen molar-refractivity contribution in [3.05, 3.63) is 140 Å². The van der Waals surface area contributed by atoms with E-state index in [0.29, 0.717) is 22.3 Å². The SMILES string of the molecule is CC(C)(C)c1cc(C(C)(C)C)cc(C(O)(C#CC#CC#CC#CC(O)(c2cc(C(C)(C)C)cc(C(C)(C)C)c2)c2cc(C(C)(C)C)cc(C(C)(C)C)c2)c2cc(C(C)(C)C)cc(C(C)(C)C)c2)c1. The molecule has 0 aromatic heterocycles. The maximum Gasteiger partial charge on any atom is 0.177 e. The van der Waals surface area contributed by atoms with Crippen molar-refractivity contribution in [2.24, 2.45) is 0 Å². The van der Waals surface area contributed by atoms with Crippen LogP contribution in [0.2, 0.25) is 0 Å². The van der Waals surface area contributed by atoms with Crippen LogP contribution < -0.4 is 0 Å². The Morgan fingerprint density at radius 3 is 0.456 bits per heavy atom. The molecule has 0 atom stereocenters. The quantitative estimate of drug-likeness (QED) is 0.200. The highest BCUT2D eigenvalue weighted by molar-refractivity contribution is 5.56. The van der Waals surface area contributed by atoms with Crippen LogP contribution in [0.15, 0.2) is 72.8 Å². The van der Waals surface area contributed by atoms with Gasteiger partial charge in [0.1, 0.15) is 0 Å². The fourth-order valence-corrected chi connectivity index (χ4v) is 7.80. The monoisotopic (exact) mass is 911 g/mol. The van der Waals surface area contributed by atoms with E-state index in [1.54, 1.807) is 0 Å².